The van der Waals surface area contributed by atoms with Crippen LogP contribution in [0.1, 0.15) is 32.1 Å². The average Bonchev–Trinajstić information content (AvgIpc) is 2.06. The molecule has 0 spiro atoms. The van der Waals surface area contributed by atoms with E-state index in [9.17, 15) is 4.79 Å². The number of hydrogen-bond acceptors (Lipinski definition) is 2. The minimum Gasteiger partial charge on any atom is -0.480 e. The summed E-state index contributed by atoms with van der Waals surface area (Å²) < 4.78 is 0. The Labute approximate surface area is 84.4 Å². The second-order valence-electron chi connectivity index (χ2n) is 3.26. The van der Waals surface area contributed by atoms with Crippen LogP contribution in [0.25, 0.3) is 0 Å². The average molecular weight is 206 g/mol. The molecule has 3 N–H and O–H groups in total. The predicted molar refractivity (Wildman–Crippen MR) is 54.0 cm³/mol. The lowest BCUT2D eigenvalue weighted by Crippen LogP contribution is -2.30. The van der Waals surface area contributed by atoms with Gasteiger partial charge in [-0.3, -0.25) is 4.79 Å². The van der Waals surface area contributed by atoms with Gasteiger partial charge in [0, 0.05) is 0 Å². The SMILES string of the molecule is Cl.N[C@@H](CC1=CCCCC1)C(=O)O. The summed E-state index contributed by atoms with van der Waals surface area (Å²) in [5.74, 6) is -0.901. The molecule has 1 atom stereocenters. The Hall–Kier alpha value is -0.540. The number of allylic oxidation sites excluding steroid dienone is 1. The van der Waals surface area contributed by atoms with E-state index in [0.29, 0.717) is 6.42 Å². The summed E-state index contributed by atoms with van der Waals surface area (Å²) in [5, 5.41) is 8.56. The minimum absolute atomic E-state index is 0. The first kappa shape index (κ1) is 12.5. The van der Waals surface area contributed by atoms with Gasteiger partial charge in [-0.05, 0) is 32.1 Å². The lowest BCUT2D eigenvalue weighted by molar-refractivity contribution is -0.138. The Morgan fingerprint density at radius 3 is 2.77 bits per heavy atom. The highest BCUT2D eigenvalue weighted by molar-refractivity contribution is 5.85. The zero-order valence-electron chi connectivity index (χ0n) is 7.53. The molecular weight excluding hydrogens is 190 g/mol. The van der Waals surface area contributed by atoms with Gasteiger partial charge in [0.05, 0.1) is 0 Å². The quantitative estimate of drug-likeness (QED) is 0.690. The number of rotatable bonds is 3. The first-order valence-corrected chi connectivity index (χ1v) is 4.36. The third-order valence-corrected chi connectivity index (χ3v) is 2.18. The number of nitrogens with two attached hydrogens (primary N) is 1. The highest BCUT2D eigenvalue weighted by Crippen LogP contribution is 2.20. The third-order valence-electron chi connectivity index (χ3n) is 2.18. The van der Waals surface area contributed by atoms with Crippen LogP contribution in [0.4, 0.5) is 0 Å². The maximum absolute atomic E-state index is 10.4. The normalized spacial score (nSPS) is 18.4. The number of hydrogen-bond donors (Lipinski definition) is 2. The first-order valence-electron chi connectivity index (χ1n) is 4.36. The largest absolute Gasteiger partial charge is 0.480 e. The number of carboxylic acids is 1. The highest BCUT2D eigenvalue weighted by atomic mass is 35.5. The van der Waals surface area contributed by atoms with Crippen LogP contribution in [-0.2, 0) is 4.79 Å². The summed E-state index contributed by atoms with van der Waals surface area (Å²) in [6.07, 6.45) is 7.17. The molecule has 1 aliphatic carbocycles. The van der Waals surface area contributed by atoms with Crippen LogP contribution in [0, 0.1) is 0 Å². The zero-order chi connectivity index (χ0) is 8.97. The molecule has 0 aromatic heterocycles. The summed E-state index contributed by atoms with van der Waals surface area (Å²) in [7, 11) is 0. The molecule has 0 unspecified atom stereocenters. The molecule has 0 fully saturated rings. The van der Waals surface area contributed by atoms with Crippen LogP contribution in [0.2, 0.25) is 0 Å². The predicted octanol–water partition coefficient (Wildman–Crippen LogP) is 1.71. The molecule has 0 bridgehead atoms. The minimum atomic E-state index is -0.901. The summed E-state index contributed by atoms with van der Waals surface area (Å²) in [4.78, 5) is 10.4. The van der Waals surface area contributed by atoms with Gasteiger partial charge in [-0.2, -0.15) is 0 Å². The van der Waals surface area contributed by atoms with E-state index >= 15 is 0 Å². The van der Waals surface area contributed by atoms with Gasteiger partial charge in [0.25, 0.3) is 0 Å². The van der Waals surface area contributed by atoms with Crippen molar-refractivity contribution in [2.24, 2.45) is 5.73 Å². The van der Waals surface area contributed by atoms with Crippen molar-refractivity contribution in [2.45, 2.75) is 38.1 Å². The van der Waals surface area contributed by atoms with Crippen LogP contribution in [0.3, 0.4) is 0 Å². The topological polar surface area (TPSA) is 63.3 Å². The van der Waals surface area contributed by atoms with Gasteiger partial charge in [0.1, 0.15) is 6.04 Å². The smallest absolute Gasteiger partial charge is 0.320 e. The van der Waals surface area contributed by atoms with Gasteiger partial charge in [-0.15, -0.1) is 12.4 Å². The maximum Gasteiger partial charge on any atom is 0.320 e. The second-order valence-corrected chi connectivity index (χ2v) is 3.26. The summed E-state index contributed by atoms with van der Waals surface area (Å²) in [6, 6.07) is -0.714. The Kier molecular flexibility index (Phi) is 5.75. The van der Waals surface area contributed by atoms with Crippen molar-refractivity contribution in [2.75, 3.05) is 0 Å². The molecule has 0 aromatic carbocycles. The molecule has 0 amide bonds. The fourth-order valence-corrected chi connectivity index (χ4v) is 1.46. The van der Waals surface area contributed by atoms with E-state index < -0.39 is 12.0 Å². The van der Waals surface area contributed by atoms with Crippen molar-refractivity contribution in [3.8, 4) is 0 Å². The summed E-state index contributed by atoms with van der Waals surface area (Å²) in [5.41, 5.74) is 6.63. The molecule has 0 saturated heterocycles. The highest BCUT2D eigenvalue weighted by Gasteiger charge is 2.14. The van der Waals surface area contributed by atoms with E-state index in [0.717, 1.165) is 12.8 Å². The maximum atomic E-state index is 10.4. The van der Waals surface area contributed by atoms with Crippen molar-refractivity contribution >= 4 is 18.4 Å². The van der Waals surface area contributed by atoms with E-state index in [1.165, 1.54) is 18.4 Å². The molecule has 76 valence electrons. The molecule has 4 heteroatoms. The van der Waals surface area contributed by atoms with Crippen molar-refractivity contribution in [3.05, 3.63) is 11.6 Å². The fraction of sp³-hybridized carbons (Fsp3) is 0.667. The Balaban J connectivity index is 0.00000144. The van der Waals surface area contributed by atoms with Gasteiger partial charge < -0.3 is 10.8 Å². The van der Waals surface area contributed by atoms with Crippen molar-refractivity contribution in [3.63, 3.8) is 0 Å². The van der Waals surface area contributed by atoms with Crippen LogP contribution in [0.15, 0.2) is 11.6 Å². The molecular formula is C9H16ClNO2. The number of carboxylic acid groups (broad SMARTS) is 1. The Bertz CT molecular complexity index is 204. The Morgan fingerprint density at radius 2 is 2.31 bits per heavy atom. The Morgan fingerprint density at radius 1 is 1.62 bits per heavy atom. The second kappa shape index (κ2) is 6.00. The molecule has 0 aliphatic heterocycles. The molecule has 0 saturated carbocycles. The lowest BCUT2D eigenvalue weighted by Gasteiger charge is -2.14. The third kappa shape index (κ3) is 4.29. The van der Waals surface area contributed by atoms with E-state index in [1.807, 2.05) is 0 Å². The van der Waals surface area contributed by atoms with Gasteiger partial charge in [0.2, 0.25) is 0 Å². The van der Waals surface area contributed by atoms with E-state index in [2.05, 4.69) is 6.08 Å². The molecule has 0 radical (unpaired) electrons. The van der Waals surface area contributed by atoms with Crippen LogP contribution < -0.4 is 5.73 Å². The van der Waals surface area contributed by atoms with Gasteiger partial charge in [-0.1, -0.05) is 11.6 Å². The summed E-state index contributed by atoms with van der Waals surface area (Å²) >= 11 is 0. The monoisotopic (exact) mass is 205 g/mol. The summed E-state index contributed by atoms with van der Waals surface area (Å²) in [6.45, 7) is 0. The van der Waals surface area contributed by atoms with Gasteiger partial charge in [-0.25, -0.2) is 0 Å². The van der Waals surface area contributed by atoms with Crippen LogP contribution in [0.5, 0.6) is 0 Å². The van der Waals surface area contributed by atoms with E-state index in [1.54, 1.807) is 0 Å². The van der Waals surface area contributed by atoms with E-state index in [-0.39, 0.29) is 12.4 Å². The van der Waals surface area contributed by atoms with Crippen molar-refractivity contribution in [1.82, 2.24) is 0 Å². The number of aliphatic carboxylic acids is 1. The van der Waals surface area contributed by atoms with Crippen LogP contribution >= 0.6 is 12.4 Å². The van der Waals surface area contributed by atoms with E-state index in [4.69, 9.17) is 10.8 Å². The number of carbonyl (C=O) groups is 1. The molecule has 3 nitrogen and oxygen atoms in total. The zero-order valence-corrected chi connectivity index (χ0v) is 8.35. The van der Waals surface area contributed by atoms with Crippen LogP contribution in [-0.4, -0.2) is 17.1 Å². The van der Waals surface area contributed by atoms with Gasteiger partial charge in [0.15, 0.2) is 0 Å². The molecule has 0 heterocycles. The first-order chi connectivity index (χ1) is 5.70. The molecule has 1 rings (SSSR count). The molecule has 1 aliphatic rings. The molecule has 0 aromatic rings. The van der Waals surface area contributed by atoms with Gasteiger partial charge >= 0.3 is 5.97 Å². The fourth-order valence-electron chi connectivity index (χ4n) is 1.46. The van der Waals surface area contributed by atoms with Crippen molar-refractivity contribution < 1.29 is 9.90 Å². The lowest BCUT2D eigenvalue weighted by atomic mass is 9.95. The van der Waals surface area contributed by atoms with Crippen molar-refractivity contribution in [1.29, 1.82) is 0 Å². The number of halogens is 1. The molecule has 13 heavy (non-hydrogen) atoms. The standard InChI is InChI=1S/C9H15NO2.ClH/c10-8(9(11)12)6-7-4-2-1-3-5-7;/h4,8H,1-3,5-6,10H2,(H,11,12);1H/t8-;/m0./s1.